The van der Waals surface area contributed by atoms with Crippen LogP contribution >= 0.6 is 0 Å². The van der Waals surface area contributed by atoms with Crippen molar-refractivity contribution in [2.24, 2.45) is 0 Å². The average Bonchev–Trinajstić information content (AvgIpc) is 2.67. The van der Waals surface area contributed by atoms with Crippen LogP contribution in [0.4, 0.5) is 9.18 Å². The van der Waals surface area contributed by atoms with Crippen molar-refractivity contribution in [2.45, 2.75) is 18.6 Å². The molecule has 0 saturated carbocycles. The number of nitrogens with zero attached hydrogens (tertiary/aromatic N) is 2. The number of amides is 2. The maximum Gasteiger partial charge on any atom is 0.320 e. The smallest absolute Gasteiger partial charge is 0.320 e. The van der Waals surface area contributed by atoms with Gasteiger partial charge < -0.3 is 14.5 Å². The van der Waals surface area contributed by atoms with Crippen LogP contribution in [0.2, 0.25) is 0 Å². The summed E-state index contributed by atoms with van der Waals surface area (Å²) in [5, 5.41) is 0. The number of ether oxygens (including phenoxy) is 1. The molecule has 0 aromatic heterocycles. The summed E-state index contributed by atoms with van der Waals surface area (Å²) in [7, 11) is 0. The van der Waals surface area contributed by atoms with E-state index in [9.17, 15) is 9.18 Å². The van der Waals surface area contributed by atoms with Crippen LogP contribution in [0.3, 0.4) is 0 Å². The van der Waals surface area contributed by atoms with Crippen molar-refractivity contribution in [2.75, 3.05) is 26.2 Å². The van der Waals surface area contributed by atoms with Crippen molar-refractivity contribution in [1.82, 2.24) is 9.80 Å². The number of carbonyl (C=O) groups is 1. The molecule has 0 bridgehead atoms. The van der Waals surface area contributed by atoms with Gasteiger partial charge in [0.15, 0.2) is 0 Å². The van der Waals surface area contributed by atoms with Gasteiger partial charge in [-0.2, -0.15) is 0 Å². The van der Waals surface area contributed by atoms with Crippen LogP contribution in [0.1, 0.15) is 22.7 Å². The zero-order chi connectivity index (χ0) is 18.1. The maximum absolute atomic E-state index is 13.4. The lowest BCUT2D eigenvalue weighted by Crippen LogP contribution is -2.53. The van der Waals surface area contributed by atoms with Crippen molar-refractivity contribution in [3.05, 3.63) is 78.0 Å². The first-order valence-electron chi connectivity index (χ1n) is 8.97. The highest BCUT2D eigenvalue weighted by Gasteiger charge is 2.35. The molecule has 4 rings (SSSR count). The summed E-state index contributed by atoms with van der Waals surface area (Å²) in [6, 6.07) is 14.4. The summed E-state index contributed by atoms with van der Waals surface area (Å²) in [6.07, 6.45) is 0.617. The van der Waals surface area contributed by atoms with Gasteiger partial charge in [0.05, 0.1) is 18.8 Å². The van der Waals surface area contributed by atoms with Gasteiger partial charge >= 0.3 is 6.03 Å². The molecular formula is C21H22FN2O2. The van der Waals surface area contributed by atoms with E-state index in [1.807, 2.05) is 21.9 Å². The second-order valence-corrected chi connectivity index (χ2v) is 6.82. The highest BCUT2D eigenvalue weighted by molar-refractivity contribution is 5.76. The molecule has 4 nitrogen and oxygen atoms in total. The molecule has 0 unspecified atom stereocenters. The summed E-state index contributed by atoms with van der Waals surface area (Å²) in [5.74, 6) is -0.274. The second kappa shape index (κ2) is 7.08. The molecule has 135 valence electrons. The fourth-order valence-electron chi connectivity index (χ4n) is 3.85. The molecule has 2 aliphatic rings. The van der Waals surface area contributed by atoms with E-state index in [-0.39, 0.29) is 24.0 Å². The fourth-order valence-corrected chi connectivity index (χ4v) is 3.85. The molecular weight excluding hydrogens is 331 g/mol. The second-order valence-electron chi connectivity index (χ2n) is 6.82. The lowest BCUT2D eigenvalue weighted by atomic mass is 9.88. The molecule has 1 fully saturated rings. The molecule has 2 aliphatic heterocycles. The normalized spacial score (nSPS) is 22.8. The molecule has 26 heavy (non-hydrogen) atoms. The zero-order valence-corrected chi connectivity index (χ0v) is 14.6. The number of carbonyl (C=O) groups excluding carboxylic acids is 1. The van der Waals surface area contributed by atoms with Crippen LogP contribution in [-0.2, 0) is 11.2 Å². The van der Waals surface area contributed by atoms with E-state index in [1.165, 1.54) is 17.7 Å². The number of hydrogen-bond donors (Lipinski definition) is 0. The number of rotatable bonds is 1. The molecule has 2 aromatic carbocycles. The van der Waals surface area contributed by atoms with Gasteiger partial charge in [0.1, 0.15) is 5.82 Å². The summed E-state index contributed by atoms with van der Waals surface area (Å²) in [5.41, 5.74) is 3.27. The molecule has 2 amide bonds. The predicted octanol–water partition coefficient (Wildman–Crippen LogP) is 3.43. The number of benzene rings is 2. The largest absolute Gasteiger partial charge is 0.375 e. The van der Waals surface area contributed by atoms with Crippen LogP contribution in [0.15, 0.2) is 48.5 Å². The Hall–Kier alpha value is -2.40. The number of morpholine rings is 1. The topological polar surface area (TPSA) is 32.8 Å². The molecule has 0 spiro atoms. The van der Waals surface area contributed by atoms with Gasteiger partial charge in [-0.25, -0.2) is 9.18 Å². The monoisotopic (exact) mass is 353 g/mol. The first-order valence-corrected chi connectivity index (χ1v) is 8.97. The SMILES string of the molecule is [CH2][C@H]1CN(C(=O)N2CCc3ccccc3[C@@H]2c2ccc(F)cc2)CCO1. The molecule has 0 N–H and O–H groups in total. The van der Waals surface area contributed by atoms with Crippen molar-refractivity contribution < 1.29 is 13.9 Å². The van der Waals surface area contributed by atoms with E-state index >= 15 is 0 Å². The molecule has 2 atom stereocenters. The van der Waals surface area contributed by atoms with E-state index < -0.39 is 0 Å². The van der Waals surface area contributed by atoms with Gasteiger partial charge in [0, 0.05) is 19.6 Å². The fraction of sp³-hybridized carbons (Fsp3) is 0.333. The lowest BCUT2D eigenvalue weighted by Gasteiger charge is -2.42. The third-order valence-electron chi connectivity index (χ3n) is 5.12. The van der Waals surface area contributed by atoms with Crippen molar-refractivity contribution >= 4 is 6.03 Å². The minimum Gasteiger partial charge on any atom is -0.375 e. The van der Waals surface area contributed by atoms with E-state index in [1.54, 1.807) is 12.1 Å². The van der Waals surface area contributed by atoms with Crippen LogP contribution in [0, 0.1) is 12.7 Å². The van der Waals surface area contributed by atoms with Crippen LogP contribution < -0.4 is 0 Å². The third-order valence-corrected chi connectivity index (χ3v) is 5.12. The summed E-state index contributed by atoms with van der Waals surface area (Å²) in [6.45, 7) is 6.13. The highest BCUT2D eigenvalue weighted by atomic mass is 19.1. The van der Waals surface area contributed by atoms with Crippen LogP contribution in [0.25, 0.3) is 0 Å². The Bertz CT molecular complexity index is 793. The Balaban J connectivity index is 1.71. The summed E-state index contributed by atoms with van der Waals surface area (Å²) < 4.78 is 18.9. The molecule has 2 heterocycles. The minimum absolute atomic E-state index is 0.00854. The van der Waals surface area contributed by atoms with Gasteiger partial charge in [0.2, 0.25) is 0 Å². The predicted molar refractivity (Wildman–Crippen MR) is 97.2 cm³/mol. The standard InChI is InChI=1S/C21H22FN2O2/c1-15-14-23(12-13-26-15)21(25)24-11-10-16-4-2-3-5-19(16)20(24)17-6-8-18(22)9-7-17/h2-9,15,20H,1,10-14H2/t15-,20-/m0/s1. The maximum atomic E-state index is 13.4. The quantitative estimate of drug-likeness (QED) is 0.787. The van der Waals surface area contributed by atoms with Crippen LogP contribution in [-0.4, -0.2) is 48.2 Å². The number of hydrogen-bond acceptors (Lipinski definition) is 2. The Kier molecular flexibility index (Phi) is 4.64. The van der Waals surface area contributed by atoms with Crippen LogP contribution in [0.5, 0.6) is 0 Å². The highest BCUT2D eigenvalue weighted by Crippen LogP contribution is 2.36. The first kappa shape index (κ1) is 17.0. The lowest BCUT2D eigenvalue weighted by molar-refractivity contribution is 0.00185. The van der Waals surface area contributed by atoms with Gasteiger partial charge in [-0.3, -0.25) is 0 Å². The van der Waals surface area contributed by atoms with E-state index in [2.05, 4.69) is 19.1 Å². The van der Waals surface area contributed by atoms with Gasteiger partial charge in [-0.05, 0) is 42.2 Å². The van der Waals surface area contributed by atoms with E-state index in [0.29, 0.717) is 26.2 Å². The van der Waals surface area contributed by atoms with Gasteiger partial charge in [-0.1, -0.05) is 36.4 Å². The van der Waals surface area contributed by atoms with E-state index in [4.69, 9.17) is 4.74 Å². The minimum atomic E-state index is -0.274. The van der Waals surface area contributed by atoms with Crippen molar-refractivity contribution in [3.8, 4) is 0 Å². The zero-order valence-electron chi connectivity index (χ0n) is 14.6. The molecule has 1 radical (unpaired) electrons. The first-order chi connectivity index (χ1) is 12.6. The summed E-state index contributed by atoms with van der Waals surface area (Å²) in [4.78, 5) is 17.0. The Labute approximate surface area is 153 Å². The van der Waals surface area contributed by atoms with E-state index in [0.717, 1.165) is 17.5 Å². The molecule has 2 aromatic rings. The van der Waals surface area contributed by atoms with Gasteiger partial charge in [-0.15, -0.1) is 0 Å². The summed E-state index contributed by atoms with van der Waals surface area (Å²) >= 11 is 0. The van der Waals surface area contributed by atoms with Crippen molar-refractivity contribution in [1.29, 1.82) is 0 Å². The van der Waals surface area contributed by atoms with Crippen molar-refractivity contribution in [3.63, 3.8) is 0 Å². The molecule has 0 aliphatic carbocycles. The number of fused-ring (bicyclic) bond motifs is 1. The van der Waals surface area contributed by atoms with Gasteiger partial charge in [0.25, 0.3) is 0 Å². The molecule has 1 saturated heterocycles. The molecule has 5 heteroatoms. The Morgan fingerprint density at radius 2 is 1.88 bits per heavy atom. The third kappa shape index (κ3) is 3.19. The number of urea groups is 1. The Morgan fingerprint density at radius 1 is 1.12 bits per heavy atom. The number of halogens is 1. The average molecular weight is 353 g/mol. The Morgan fingerprint density at radius 3 is 2.65 bits per heavy atom.